The molecule has 4 bridgehead atoms. The first-order valence-corrected chi connectivity index (χ1v) is 5.20. The van der Waals surface area contributed by atoms with E-state index in [1.165, 1.54) is 0 Å². The Labute approximate surface area is 90.1 Å². The highest BCUT2D eigenvalue weighted by molar-refractivity contribution is 5.85. The zero-order valence-electron chi connectivity index (χ0n) is 8.15. The monoisotopic (exact) mass is 219 g/mol. The molecule has 0 heterocycles. The summed E-state index contributed by atoms with van der Waals surface area (Å²) in [5.41, 5.74) is 4.89. The SMILES string of the molecule is Cl.NC1C2CC3(O)CC1CC(O)(C2)C3. The van der Waals surface area contributed by atoms with Crippen LogP contribution in [0.2, 0.25) is 0 Å². The third-order valence-electron chi connectivity index (χ3n) is 4.32. The van der Waals surface area contributed by atoms with E-state index in [0.29, 0.717) is 18.3 Å². The zero-order valence-corrected chi connectivity index (χ0v) is 8.96. The summed E-state index contributed by atoms with van der Waals surface area (Å²) in [6.45, 7) is 0. The van der Waals surface area contributed by atoms with Crippen LogP contribution in [-0.4, -0.2) is 27.5 Å². The Bertz CT molecular complexity index is 223. The lowest BCUT2D eigenvalue weighted by Crippen LogP contribution is -2.65. The van der Waals surface area contributed by atoms with E-state index in [9.17, 15) is 10.2 Å². The summed E-state index contributed by atoms with van der Waals surface area (Å²) >= 11 is 0. The molecule has 4 saturated carbocycles. The Kier molecular flexibility index (Phi) is 2.17. The highest BCUT2D eigenvalue weighted by Gasteiger charge is 2.59. The molecule has 4 aliphatic rings. The Balaban J connectivity index is 0.000000750. The molecule has 0 aromatic rings. The second-order valence-corrected chi connectivity index (χ2v) is 5.54. The zero-order chi connectivity index (χ0) is 9.27. The van der Waals surface area contributed by atoms with Crippen LogP contribution in [0.1, 0.15) is 32.1 Å². The Hall–Kier alpha value is 0.170. The van der Waals surface area contributed by atoms with E-state index in [1.807, 2.05) is 0 Å². The molecule has 0 radical (unpaired) electrons. The lowest BCUT2D eigenvalue weighted by atomic mass is 9.50. The molecule has 0 saturated heterocycles. The fourth-order valence-corrected chi connectivity index (χ4v) is 4.09. The number of rotatable bonds is 0. The number of aliphatic hydroxyl groups is 2. The minimum Gasteiger partial charge on any atom is -0.390 e. The van der Waals surface area contributed by atoms with Crippen molar-refractivity contribution < 1.29 is 10.2 Å². The van der Waals surface area contributed by atoms with Gasteiger partial charge in [-0.1, -0.05) is 0 Å². The van der Waals surface area contributed by atoms with Gasteiger partial charge in [-0.2, -0.15) is 0 Å². The summed E-state index contributed by atoms with van der Waals surface area (Å²) in [6, 6.07) is 0.223. The third-order valence-corrected chi connectivity index (χ3v) is 4.32. The summed E-state index contributed by atoms with van der Waals surface area (Å²) in [6.07, 6.45) is 3.83. The van der Waals surface area contributed by atoms with Crippen LogP contribution in [0, 0.1) is 11.8 Å². The minimum absolute atomic E-state index is 0. The van der Waals surface area contributed by atoms with Gasteiger partial charge in [0, 0.05) is 12.5 Å². The van der Waals surface area contributed by atoms with Gasteiger partial charge in [0.25, 0.3) is 0 Å². The molecule has 0 aromatic carbocycles. The summed E-state index contributed by atoms with van der Waals surface area (Å²) in [5, 5.41) is 20.3. The highest BCUT2D eigenvalue weighted by Crippen LogP contribution is 2.56. The maximum absolute atomic E-state index is 10.2. The molecule has 0 atom stereocenters. The maximum Gasteiger partial charge on any atom is 0.0681 e. The molecule has 4 heteroatoms. The molecular formula is C10H18ClNO2. The summed E-state index contributed by atoms with van der Waals surface area (Å²) in [4.78, 5) is 0. The highest BCUT2D eigenvalue weighted by atomic mass is 35.5. The number of hydrogen-bond acceptors (Lipinski definition) is 3. The van der Waals surface area contributed by atoms with E-state index in [1.54, 1.807) is 0 Å². The average Bonchev–Trinajstić information content (AvgIpc) is 1.94. The fraction of sp³-hybridized carbons (Fsp3) is 1.00. The van der Waals surface area contributed by atoms with Gasteiger partial charge in [0.2, 0.25) is 0 Å². The lowest BCUT2D eigenvalue weighted by molar-refractivity contribution is -0.204. The van der Waals surface area contributed by atoms with Crippen molar-refractivity contribution in [3.05, 3.63) is 0 Å². The topological polar surface area (TPSA) is 66.5 Å². The van der Waals surface area contributed by atoms with Crippen molar-refractivity contribution in [2.24, 2.45) is 17.6 Å². The van der Waals surface area contributed by atoms with E-state index in [0.717, 1.165) is 25.7 Å². The van der Waals surface area contributed by atoms with Crippen LogP contribution in [0.4, 0.5) is 0 Å². The van der Waals surface area contributed by atoms with Crippen LogP contribution < -0.4 is 5.73 Å². The molecule has 3 nitrogen and oxygen atoms in total. The van der Waals surface area contributed by atoms with Gasteiger partial charge in [-0.05, 0) is 37.5 Å². The van der Waals surface area contributed by atoms with Crippen molar-refractivity contribution in [1.82, 2.24) is 0 Å². The number of halogens is 1. The van der Waals surface area contributed by atoms with Crippen molar-refractivity contribution in [3.63, 3.8) is 0 Å². The van der Waals surface area contributed by atoms with Gasteiger partial charge in [-0.3, -0.25) is 0 Å². The summed E-state index contributed by atoms with van der Waals surface area (Å²) in [5.74, 6) is 0.715. The van der Waals surface area contributed by atoms with Crippen molar-refractivity contribution in [2.45, 2.75) is 49.3 Å². The quantitative estimate of drug-likeness (QED) is 0.553. The van der Waals surface area contributed by atoms with Crippen LogP contribution in [0.25, 0.3) is 0 Å². The molecule has 0 aromatic heterocycles. The maximum atomic E-state index is 10.2. The van der Waals surface area contributed by atoms with Crippen molar-refractivity contribution in [1.29, 1.82) is 0 Å². The Morgan fingerprint density at radius 3 is 1.64 bits per heavy atom. The van der Waals surface area contributed by atoms with Crippen LogP contribution in [-0.2, 0) is 0 Å². The molecule has 4 fully saturated rings. The van der Waals surface area contributed by atoms with Crippen LogP contribution in [0.15, 0.2) is 0 Å². The standard InChI is InChI=1S/C10H17NO2.ClH/c11-8-6-1-9(12)3-7(8)4-10(13,2-6)5-9;/h6-8,12-13H,1-5,11H2;1H. The molecule has 4 N–H and O–H groups in total. The molecular weight excluding hydrogens is 202 g/mol. The van der Waals surface area contributed by atoms with Gasteiger partial charge in [0.15, 0.2) is 0 Å². The van der Waals surface area contributed by atoms with E-state index in [-0.39, 0.29) is 18.4 Å². The van der Waals surface area contributed by atoms with E-state index in [2.05, 4.69) is 0 Å². The largest absolute Gasteiger partial charge is 0.390 e. The third kappa shape index (κ3) is 1.30. The van der Waals surface area contributed by atoms with Crippen LogP contribution in [0.3, 0.4) is 0 Å². The number of hydrogen-bond donors (Lipinski definition) is 3. The van der Waals surface area contributed by atoms with E-state index < -0.39 is 11.2 Å². The Morgan fingerprint density at radius 1 is 0.929 bits per heavy atom. The van der Waals surface area contributed by atoms with Crippen LogP contribution >= 0.6 is 12.4 Å². The first-order chi connectivity index (χ1) is 6.00. The molecule has 4 aliphatic carbocycles. The average molecular weight is 220 g/mol. The summed E-state index contributed by atoms with van der Waals surface area (Å²) in [7, 11) is 0. The van der Waals surface area contributed by atoms with Gasteiger partial charge >= 0.3 is 0 Å². The van der Waals surface area contributed by atoms with Gasteiger partial charge in [0.05, 0.1) is 11.2 Å². The van der Waals surface area contributed by atoms with Gasteiger partial charge in [0.1, 0.15) is 0 Å². The normalized spacial score (nSPS) is 59.8. The molecule has 0 spiro atoms. The second kappa shape index (κ2) is 2.85. The molecule has 0 aliphatic heterocycles. The van der Waals surface area contributed by atoms with Crippen molar-refractivity contribution in [2.75, 3.05) is 0 Å². The van der Waals surface area contributed by atoms with E-state index in [4.69, 9.17) is 5.73 Å². The van der Waals surface area contributed by atoms with Crippen LogP contribution in [0.5, 0.6) is 0 Å². The number of nitrogens with two attached hydrogens (primary N) is 1. The van der Waals surface area contributed by atoms with Gasteiger partial charge in [-0.15, -0.1) is 12.4 Å². The van der Waals surface area contributed by atoms with Crippen molar-refractivity contribution >= 4 is 12.4 Å². The molecule has 82 valence electrons. The molecule has 0 unspecified atom stereocenters. The first kappa shape index (κ1) is 10.7. The van der Waals surface area contributed by atoms with Crippen molar-refractivity contribution in [3.8, 4) is 0 Å². The van der Waals surface area contributed by atoms with Gasteiger partial charge in [-0.25, -0.2) is 0 Å². The predicted octanol–water partition coefficient (Wildman–Crippen LogP) is 0.421. The minimum atomic E-state index is -0.587. The first-order valence-electron chi connectivity index (χ1n) is 5.20. The second-order valence-electron chi connectivity index (χ2n) is 5.54. The van der Waals surface area contributed by atoms with Gasteiger partial charge < -0.3 is 15.9 Å². The predicted molar refractivity (Wildman–Crippen MR) is 55.2 cm³/mol. The molecule has 0 amide bonds. The molecule has 14 heavy (non-hydrogen) atoms. The lowest BCUT2D eigenvalue weighted by Gasteiger charge is -2.60. The smallest absolute Gasteiger partial charge is 0.0681 e. The van der Waals surface area contributed by atoms with E-state index >= 15 is 0 Å². The summed E-state index contributed by atoms with van der Waals surface area (Å²) < 4.78 is 0. The fourth-order valence-electron chi connectivity index (χ4n) is 4.09. The Morgan fingerprint density at radius 2 is 1.29 bits per heavy atom. The molecule has 4 rings (SSSR count).